The lowest BCUT2D eigenvalue weighted by Crippen LogP contribution is -2.18. The lowest BCUT2D eigenvalue weighted by Gasteiger charge is -2.14. The lowest BCUT2D eigenvalue weighted by molar-refractivity contribution is 0.331. The van der Waals surface area contributed by atoms with Crippen molar-refractivity contribution >= 4 is 11.8 Å². The Balaban J connectivity index is 1.22. The average molecular weight is 396 g/mol. The van der Waals surface area contributed by atoms with Crippen LogP contribution >= 0.6 is 11.8 Å². The summed E-state index contributed by atoms with van der Waals surface area (Å²) in [6.07, 6.45) is 2.64. The molecule has 1 aliphatic rings. The molecule has 1 saturated heterocycles. The Morgan fingerprint density at radius 1 is 0.964 bits per heavy atom. The van der Waals surface area contributed by atoms with Crippen LogP contribution in [0.25, 0.3) is 11.5 Å². The number of aromatic nitrogens is 2. The summed E-state index contributed by atoms with van der Waals surface area (Å²) in [4.78, 5) is 2.50. The Morgan fingerprint density at radius 3 is 2.54 bits per heavy atom. The minimum Gasteiger partial charge on any atom is -0.493 e. The molecule has 1 aromatic heterocycles. The number of likely N-dealkylation sites (tertiary alicyclic amines) is 1. The molecule has 28 heavy (non-hydrogen) atoms. The SMILES string of the molecule is c1ccc(OCCSCc2nnc(-c3ccc(CN4CCCC4)cc3)o2)cc1. The molecule has 0 radical (unpaired) electrons. The summed E-state index contributed by atoms with van der Waals surface area (Å²) in [5, 5.41) is 8.36. The van der Waals surface area contributed by atoms with Crippen molar-refractivity contribution in [1.29, 1.82) is 0 Å². The van der Waals surface area contributed by atoms with Gasteiger partial charge in [-0.3, -0.25) is 4.90 Å². The van der Waals surface area contributed by atoms with Gasteiger partial charge in [0.2, 0.25) is 11.8 Å². The fraction of sp³-hybridized carbons (Fsp3) is 0.364. The standard InChI is InChI=1S/C22H25N3O2S/c1-2-6-20(7-3-1)26-14-15-28-17-21-23-24-22(27-21)19-10-8-18(9-11-19)16-25-12-4-5-13-25/h1-3,6-11H,4-5,12-17H2. The van der Waals surface area contributed by atoms with Crippen LogP contribution < -0.4 is 4.74 Å². The maximum atomic E-state index is 5.81. The van der Waals surface area contributed by atoms with Crippen molar-refractivity contribution in [2.24, 2.45) is 0 Å². The van der Waals surface area contributed by atoms with Gasteiger partial charge < -0.3 is 9.15 Å². The predicted molar refractivity (Wildman–Crippen MR) is 112 cm³/mol. The topological polar surface area (TPSA) is 51.4 Å². The van der Waals surface area contributed by atoms with Gasteiger partial charge in [0.25, 0.3) is 0 Å². The maximum absolute atomic E-state index is 5.81. The highest BCUT2D eigenvalue weighted by atomic mass is 32.2. The summed E-state index contributed by atoms with van der Waals surface area (Å²) in [6, 6.07) is 18.3. The fourth-order valence-electron chi connectivity index (χ4n) is 3.27. The normalized spacial score (nSPS) is 14.4. The Hall–Kier alpha value is -2.31. The van der Waals surface area contributed by atoms with E-state index in [0.717, 1.165) is 23.6 Å². The highest BCUT2D eigenvalue weighted by molar-refractivity contribution is 7.98. The van der Waals surface area contributed by atoms with Crippen LogP contribution in [0.1, 0.15) is 24.3 Å². The number of thioether (sulfide) groups is 1. The molecule has 0 amide bonds. The molecule has 5 nitrogen and oxygen atoms in total. The second-order valence-corrected chi connectivity index (χ2v) is 8.00. The third kappa shape index (κ3) is 5.36. The van der Waals surface area contributed by atoms with Gasteiger partial charge >= 0.3 is 0 Å². The number of para-hydroxylation sites is 1. The molecular weight excluding hydrogens is 370 g/mol. The number of nitrogens with zero attached hydrogens (tertiary/aromatic N) is 3. The first-order chi connectivity index (χ1) is 13.9. The molecular formula is C22H25N3O2S. The van der Waals surface area contributed by atoms with Crippen molar-refractivity contribution in [3.05, 3.63) is 66.1 Å². The van der Waals surface area contributed by atoms with Gasteiger partial charge in [0, 0.05) is 17.9 Å². The van der Waals surface area contributed by atoms with Crippen molar-refractivity contribution in [3.8, 4) is 17.2 Å². The molecule has 0 atom stereocenters. The lowest BCUT2D eigenvalue weighted by atomic mass is 10.1. The van der Waals surface area contributed by atoms with Crippen molar-refractivity contribution in [2.75, 3.05) is 25.4 Å². The largest absolute Gasteiger partial charge is 0.493 e. The van der Waals surface area contributed by atoms with E-state index < -0.39 is 0 Å². The van der Waals surface area contributed by atoms with Crippen molar-refractivity contribution < 1.29 is 9.15 Å². The fourth-order valence-corrected chi connectivity index (χ4v) is 3.91. The summed E-state index contributed by atoms with van der Waals surface area (Å²) in [5.41, 5.74) is 2.31. The first-order valence-corrected chi connectivity index (χ1v) is 10.9. The predicted octanol–water partition coefficient (Wildman–Crippen LogP) is 4.64. The third-order valence-corrected chi connectivity index (χ3v) is 5.64. The maximum Gasteiger partial charge on any atom is 0.247 e. The highest BCUT2D eigenvalue weighted by Gasteiger charge is 2.13. The molecule has 1 fully saturated rings. The van der Waals surface area contributed by atoms with Crippen LogP contribution in [0.3, 0.4) is 0 Å². The van der Waals surface area contributed by atoms with E-state index in [0.29, 0.717) is 24.1 Å². The minimum absolute atomic E-state index is 0.587. The molecule has 2 aromatic carbocycles. The van der Waals surface area contributed by atoms with Gasteiger partial charge in [-0.15, -0.1) is 22.0 Å². The number of hydrogen-bond acceptors (Lipinski definition) is 6. The van der Waals surface area contributed by atoms with Crippen molar-refractivity contribution in [1.82, 2.24) is 15.1 Å². The molecule has 0 saturated carbocycles. The van der Waals surface area contributed by atoms with E-state index in [1.165, 1.54) is 31.5 Å². The van der Waals surface area contributed by atoms with Gasteiger partial charge in [-0.1, -0.05) is 30.3 Å². The zero-order chi connectivity index (χ0) is 19.0. The van der Waals surface area contributed by atoms with Crippen LogP contribution in [0.15, 0.2) is 59.0 Å². The Labute approximate surface area is 170 Å². The quantitative estimate of drug-likeness (QED) is 0.492. The third-order valence-electron chi connectivity index (χ3n) is 4.74. The Morgan fingerprint density at radius 2 is 1.75 bits per heavy atom. The first-order valence-electron chi connectivity index (χ1n) is 9.76. The van der Waals surface area contributed by atoms with Gasteiger partial charge in [-0.2, -0.15) is 0 Å². The highest BCUT2D eigenvalue weighted by Crippen LogP contribution is 2.22. The van der Waals surface area contributed by atoms with E-state index in [1.807, 2.05) is 30.3 Å². The van der Waals surface area contributed by atoms with Crippen LogP contribution in [0, 0.1) is 0 Å². The van der Waals surface area contributed by atoms with Crippen molar-refractivity contribution in [2.45, 2.75) is 25.1 Å². The van der Waals surface area contributed by atoms with Gasteiger partial charge in [0.05, 0.1) is 12.4 Å². The summed E-state index contributed by atoms with van der Waals surface area (Å²) < 4.78 is 11.5. The molecule has 0 unspecified atom stereocenters. The first kappa shape index (κ1) is 19.0. The molecule has 0 aliphatic carbocycles. The van der Waals surface area contributed by atoms with Crippen LogP contribution in [-0.2, 0) is 12.3 Å². The van der Waals surface area contributed by atoms with Crippen molar-refractivity contribution in [3.63, 3.8) is 0 Å². The molecule has 6 heteroatoms. The number of benzene rings is 2. The summed E-state index contributed by atoms with van der Waals surface area (Å²) in [7, 11) is 0. The molecule has 1 aliphatic heterocycles. The Bertz CT molecular complexity index is 846. The molecule has 2 heterocycles. The summed E-state index contributed by atoms with van der Waals surface area (Å²) in [5.74, 6) is 3.71. The molecule has 146 valence electrons. The van der Waals surface area contributed by atoms with Gasteiger partial charge in [0.1, 0.15) is 5.75 Å². The molecule has 0 N–H and O–H groups in total. The zero-order valence-corrected chi connectivity index (χ0v) is 16.7. The molecule has 0 bridgehead atoms. The van der Waals surface area contributed by atoms with E-state index in [1.54, 1.807) is 11.8 Å². The van der Waals surface area contributed by atoms with E-state index in [2.05, 4.69) is 39.4 Å². The van der Waals surface area contributed by atoms with E-state index >= 15 is 0 Å². The smallest absolute Gasteiger partial charge is 0.247 e. The second-order valence-electron chi connectivity index (χ2n) is 6.90. The molecule has 0 spiro atoms. The molecule has 3 aromatic rings. The number of hydrogen-bond donors (Lipinski definition) is 0. The average Bonchev–Trinajstić information content (AvgIpc) is 3.41. The second kappa shape index (κ2) is 9.75. The number of ether oxygens (including phenoxy) is 1. The van der Waals surface area contributed by atoms with Crippen LogP contribution in [-0.4, -0.2) is 40.5 Å². The van der Waals surface area contributed by atoms with E-state index in [4.69, 9.17) is 9.15 Å². The van der Waals surface area contributed by atoms with Gasteiger partial charge in [-0.25, -0.2) is 0 Å². The van der Waals surface area contributed by atoms with Gasteiger partial charge in [0.15, 0.2) is 0 Å². The monoisotopic (exact) mass is 395 g/mol. The zero-order valence-electron chi connectivity index (χ0n) is 15.9. The summed E-state index contributed by atoms with van der Waals surface area (Å²) in [6.45, 7) is 4.11. The molecule has 4 rings (SSSR count). The minimum atomic E-state index is 0.587. The van der Waals surface area contributed by atoms with Crippen LogP contribution in [0.5, 0.6) is 5.75 Å². The van der Waals surface area contributed by atoms with E-state index in [9.17, 15) is 0 Å². The van der Waals surface area contributed by atoms with Crippen LogP contribution in [0.2, 0.25) is 0 Å². The van der Waals surface area contributed by atoms with Crippen LogP contribution in [0.4, 0.5) is 0 Å². The Kier molecular flexibility index (Phi) is 6.63. The number of rotatable bonds is 9. The van der Waals surface area contributed by atoms with E-state index in [-0.39, 0.29) is 0 Å². The van der Waals surface area contributed by atoms with Gasteiger partial charge in [-0.05, 0) is 55.8 Å². The summed E-state index contributed by atoms with van der Waals surface area (Å²) >= 11 is 1.73.